The Bertz CT molecular complexity index is 1610. The van der Waals surface area contributed by atoms with Crippen molar-refractivity contribution in [1.82, 2.24) is 21.3 Å². The summed E-state index contributed by atoms with van der Waals surface area (Å²) in [7, 11) is 0. The summed E-state index contributed by atoms with van der Waals surface area (Å²) in [5.41, 5.74) is 5.71. The maximum Gasteiger partial charge on any atom is 0.323 e. The number of nitrogens with one attached hydrogen (secondary N) is 8. The fraction of sp³-hybridized carbons (Fsp3) is 0.250. The van der Waals surface area contributed by atoms with Gasteiger partial charge in [0.25, 0.3) is 0 Å². The summed E-state index contributed by atoms with van der Waals surface area (Å²) < 4.78 is 0. The standard InChI is InChI=1S/C32H34N12O2.ClH/c45-31(43-25-14-19(27-33-4-5-34-27)12-20(15-25)28-35-6-7-36-28)41-23-2-1-3-24(18-23)42-32(46)44-26-16-21(29-37-8-9-38-29)13-22(17-26)30-39-10-11-40-30;/h1-3,12-18H,4-11H2,(H,33,34)(H,35,36)(H,37,38)(H,39,40)(H2,41,43,45)(H2,42,44,46);1H. The maximum atomic E-state index is 13.1. The highest BCUT2D eigenvalue weighted by molar-refractivity contribution is 6.09. The summed E-state index contributed by atoms with van der Waals surface area (Å²) in [4.78, 5) is 44.2. The summed E-state index contributed by atoms with van der Waals surface area (Å²) in [6, 6.07) is 17.6. The molecule has 0 bridgehead atoms. The van der Waals surface area contributed by atoms with Gasteiger partial charge >= 0.3 is 12.1 Å². The van der Waals surface area contributed by atoms with Gasteiger partial charge in [0, 0.05) is 71.2 Å². The third-order valence-corrected chi connectivity index (χ3v) is 7.55. The largest absolute Gasteiger partial charge is 0.368 e. The molecule has 0 spiro atoms. The average Bonchev–Trinajstić information content (AvgIpc) is 3.89. The second-order valence-electron chi connectivity index (χ2n) is 11.0. The van der Waals surface area contributed by atoms with Crippen LogP contribution in [0.25, 0.3) is 0 Å². The van der Waals surface area contributed by atoms with Crippen molar-refractivity contribution >= 4 is 70.6 Å². The van der Waals surface area contributed by atoms with E-state index in [-0.39, 0.29) is 12.4 Å². The first-order valence-electron chi connectivity index (χ1n) is 15.3. The van der Waals surface area contributed by atoms with E-state index < -0.39 is 12.1 Å². The molecule has 47 heavy (non-hydrogen) atoms. The SMILES string of the molecule is Cl.O=C(Nc1cccc(NC(=O)Nc2cc(C3=NCCN3)cc(C3=NCCN3)c2)c1)Nc1cc(C2=NCCN2)cc(C2=NCCN2)c1. The van der Waals surface area contributed by atoms with Gasteiger partial charge in [0.05, 0.1) is 26.2 Å². The van der Waals surface area contributed by atoms with Crippen molar-refractivity contribution in [2.45, 2.75) is 0 Å². The van der Waals surface area contributed by atoms with Crippen molar-refractivity contribution in [2.24, 2.45) is 20.0 Å². The van der Waals surface area contributed by atoms with E-state index in [0.29, 0.717) is 48.9 Å². The summed E-state index contributed by atoms with van der Waals surface area (Å²) in [5, 5.41) is 24.7. The lowest BCUT2D eigenvalue weighted by Crippen LogP contribution is -2.24. The molecule has 4 heterocycles. The van der Waals surface area contributed by atoms with Gasteiger partial charge in [0.2, 0.25) is 0 Å². The van der Waals surface area contributed by atoms with Crippen LogP contribution in [0.4, 0.5) is 32.3 Å². The highest BCUT2D eigenvalue weighted by atomic mass is 35.5. The first-order chi connectivity index (χ1) is 22.6. The Morgan fingerprint density at radius 3 is 1.09 bits per heavy atom. The van der Waals surface area contributed by atoms with Gasteiger partial charge < -0.3 is 42.5 Å². The van der Waals surface area contributed by atoms with Gasteiger partial charge in [0.15, 0.2) is 0 Å². The van der Waals surface area contributed by atoms with Crippen molar-refractivity contribution in [3.8, 4) is 0 Å². The second kappa shape index (κ2) is 14.2. The van der Waals surface area contributed by atoms with Crippen LogP contribution in [-0.2, 0) is 0 Å². The Kier molecular flexibility index (Phi) is 9.48. The molecule has 0 saturated heterocycles. The summed E-state index contributed by atoms with van der Waals surface area (Å²) >= 11 is 0. The van der Waals surface area contributed by atoms with Crippen LogP contribution in [0.3, 0.4) is 0 Å². The maximum absolute atomic E-state index is 13.1. The molecule has 0 aromatic heterocycles. The lowest BCUT2D eigenvalue weighted by Gasteiger charge is -2.14. The lowest BCUT2D eigenvalue weighted by atomic mass is 10.1. The van der Waals surface area contributed by atoms with Crippen LogP contribution < -0.4 is 42.5 Å². The van der Waals surface area contributed by atoms with E-state index in [1.807, 2.05) is 36.4 Å². The van der Waals surface area contributed by atoms with Crippen molar-refractivity contribution in [2.75, 3.05) is 73.6 Å². The fourth-order valence-corrected chi connectivity index (χ4v) is 5.57. The third kappa shape index (κ3) is 7.61. The number of hydrogen-bond acceptors (Lipinski definition) is 10. The predicted octanol–water partition coefficient (Wildman–Crippen LogP) is 2.80. The molecule has 4 aliphatic heterocycles. The Morgan fingerprint density at radius 1 is 0.468 bits per heavy atom. The molecule has 0 saturated carbocycles. The van der Waals surface area contributed by atoms with Crippen LogP contribution in [0, 0.1) is 0 Å². The zero-order chi connectivity index (χ0) is 31.3. The number of hydrogen-bond donors (Lipinski definition) is 8. The molecule has 0 aliphatic carbocycles. The number of amidine groups is 4. The molecule has 242 valence electrons. The number of aliphatic imine (C=N–C) groups is 4. The monoisotopic (exact) mass is 654 g/mol. The van der Waals surface area contributed by atoms with Crippen LogP contribution in [-0.4, -0.2) is 87.8 Å². The van der Waals surface area contributed by atoms with Crippen molar-refractivity contribution in [3.05, 3.63) is 82.9 Å². The number of benzene rings is 3. The van der Waals surface area contributed by atoms with Crippen LogP contribution in [0.5, 0.6) is 0 Å². The van der Waals surface area contributed by atoms with E-state index in [4.69, 9.17) is 0 Å². The first kappa shape index (κ1) is 31.4. The number of carbonyl (C=O) groups is 2. The normalized spacial score (nSPS) is 16.2. The molecule has 15 heteroatoms. The Morgan fingerprint density at radius 2 is 0.787 bits per heavy atom. The molecule has 3 aromatic rings. The van der Waals surface area contributed by atoms with Crippen molar-refractivity contribution in [1.29, 1.82) is 0 Å². The van der Waals surface area contributed by atoms with Gasteiger partial charge in [-0.25, -0.2) is 9.59 Å². The zero-order valence-corrected chi connectivity index (χ0v) is 26.3. The minimum absolute atomic E-state index is 0. The topological polar surface area (TPSA) is 180 Å². The zero-order valence-electron chi connectivity index (χ0n) is 25.4. The average molecular weight is 655 g/mol. The van der Waals surface area contributed by atoms with Gasteiger partial charge in [-0.05, 0) is 54.6 Å². The lowest BCUT2D eigenvalue weighted by molar-refractivity contribution is 0.261. The highest BCUT2D eigenvalue weighted by Gasteiger charge is 2.18. The van der Waals surface area contributed by atoms with E-state index in [2.05, 4.69) is 62.5 Å². The van der Waals surface area contributed by atoms with E-state index in [0.717, 1.165) is 71.8 Å². The van der Waals surface area contributed by atoms with Gasteiger partial charge in [-0.3, -0.25) is 20.0 Å². The molecular formula is C32H35ClN12O2. The number of anilines is 4. The van der Waals surface area contributed by atoms with E-state index in [1.54, 1.807) is 24.3 Å². The second-order valence-corrected chi connectivity index (χ2v) is 11.0. The molecule has 7 rings (SSSR count). The molecule has 0 fully saturated rings. The van der Waals surface area contributed by atoms with E-state index in [9.17, 15) is 9.59 Å². The van der Waals surface area contributed by atoms with Crippen LogP contribution in [0.1, 0.15) is 22.3 Å². The summed E-state index contributed by atoms with van der Waals surface area (Å²) in [6.07, 6.45) is 0. The molecule has 0 unspecified atom stereocenters. The van der Waals surface area contributed by atoms with E-state index in [1.165, 1.54) is 0 Å². The fourth-order valence-electron chi connectivity index (χ4n) is 5.57. The number of nitrogens with zero attached hydrogens (tertiary/aromatic N) is 4. The first-order valence-corrected chi connectivity index (χ1v) is 15.3. The van der Waals surface area contributed by atoms with Gasteiger partial charge in [-0.15, -0.1) is 12.4 Å². The molecule has 4 aliphatic rings. The number of urea groups is 2. The Hall–Kier alpha value is -5.63. The van der Waals surface area contributed by atoms with Gasteiger partial charge in [-0.1, -0.05) is 6.07 Å². The van der Waals surface area contributed by atoms with Gasteiger partial charge in [0.1, 0.15) is 23.3 Å². The minimum atomic E-state index is -0.427. The number of amides is 4. The van der Waals surface area contributed by atoms with Crippen LogP contribution >= 0.6 is 12.4 Å². The molecule has 0 atom stereocenters. The number of carbonyl (C=O) groups excluding carboxylic acids is 2. The van der Waals surface area contributed by atoms with Crippen molar-refractivity contribution in [3.63, 3.8) is 0 Å². The van der Waals surface area contributed by atoms with Gasteiger partial charge in [-0.2, -0.15) is 0 Å². The molecular weight excluding hydrogens is 620 g/mol. The molecule has 4 amide bonds. The Balaban J connectivity index is 0.00000386. The summed E-state index contributed by atoms with van der Waals surface area (Å²) in [5.74, 6) is 3.15. The molecule has 3 aromatic carbocycles. The number of rotatable bonds is 8. The van der Waals surface area contributed by atoms with E-state index >= 15 is 0 Å². The van der Waals surface area contributed by atoms with Crippen molar-refractivity contribution < 1.29 is 9.59 Å². The molecule has 14 nitrogen and oxygen atoms in total. The molecule has 8 N–H and O–H groups in total. The molecule has 0 radical (unpaired) electrons. The minimum Gasteiger partial charge on any atom is -0.368 e. The van der Waals surface area contributed by atoms with Crippen LogP contribution in [0.15, 0.2) is 80.6 Å². The Labute approximate surface area is 277 Å². The highest BCUT2D eigenvalue weighted by Crippen LogP contribution is 2.21. The third-order valence-electron chi connectivity index (χ3n) is 7.55. The van der Waals surface area contributed by atoms with Crippen LogP contribution in [0.2, 0.25) is 0 Å². The smallest absolute Gasteiger partial charge is 0.323 e. The quantitative estimate of drug-likeness (QED) is 0.185. The predicted molar refractivity (Wildman–Crippen MR) is 189 cm³/mol. The summed E-state index contributed by atoms with van der Waals surface area (Å²) in [6.45, 7) is 5.93. The number of halogens is 1.